The molecule has 11 heteroatoms. The predicted molar refractivity (Wildman–Crippen MR) is 151 cm³/mol. The van der Waals surface area contributed by atoms with Crippen molar-refractivity contribution in [3.8, 4) is 0 Å². The number of hydrogen-bond donors (Lipinski definition) is 2. The van der Waals surface area contributed by atoms with Crippen molar-refractivity contribution in [2.45, 2.75) is 71.7 Å². The molecule has 2 fully saturated rings. The first-order chi connectivity index (χ1) is 18.4. The molecule has 2 aliphatic heterocycles. The Labute approximate surface area is 230 Å². The van der Waals surface area contributed by atoms with Gasteiger partial charge in [-0.3, -0.25) is 9.80 Å². The van der Waals surface area contributed by atoms with E-state index in [9.17, 15) is 9.59 Å². The smallest absolute Gasteiger partial charge is 0.416 e. The lowest BCUT2D eigenvalue weighted by atomic mass is 10.0. The van der Waals surface area contributed by atoms with E-state index < -0.39 is 17.2 Å². The van der Waals surface area contributed by atoms with Gasteiger partial charge in [0.05, 0.1) is 5.54 Å². The van der Waals surface area contributed by atoms with Gasteiger partial charge in [0.2, 0.25) is 5.95 Å². The van der Waals surface area contributed by atoms with Crippen LogP contribution < -0.4 is 16.0 Å². The number of nitrogens with one attached hydrogen (secondary N) is 1. The fourth-order valence-corrected chi connectivity index (χ4v) is 4.95. The van der Waals surface area contributed by atoms with E-state index in [0.29, 0.717) is 31.4 Å². The summed E-state index contributed by atoms with van der Waals surface area (Å²) in [6.45, 7) is 15.4. The largest absolute Gasteiger partial charge is 0.447 e. The second-order valence-corrected chi connectivity index (χ2v) is 11.7. The summed E-state index contributed by atoms with van der Waals surface area (Å²) in [7, 11) is 0. The topological polar surface area (TPSA) is 126 Å². The molecule has 212 valence electrons. The minimum Gasteiger partial charge on any atom is -0.447 e. The second-order valence-electron chi connectivity index (χ2n) is 11.7. The van der Waals surface area contributed by atoms with Gasteiger partial charge in [-0.15, -0.1) is 0 Å². The van der Waals surface area contributed by atoms with Gasteiger partial charge in [-0.25, -0.2) is 9.59 Å². The highest BCUT2D eigenvalue weighted by molar-refractivity contribution is 5.90. The number of carbonyl (C=O) groups is 2. The van der Waals surface area contributed by atoms with Gasteiger partial charge in [-0.1, -0.05) is 31.2 Å². The highest BCUT2D eigenvalue weighted by Crippen LogP contribution is 2.31. The number of piperazine rings is 1. The fraction of sp³-hybridized carbons (Fsp3) is 0.571. The summed E-state index contributed by atoms with van der Waals surface area (Å²) in [4.78, 5) is 39.2. The summed E-state index contributed by atoms with van der Waals surface area (Å²) < 4.78 is 10.7. The van der Waals surface area contributed by atoms with Crippen molar-refractivity contribution in [3.05, 3.63) is 41.5 Å². The van der Waals surface area contributed by atoms with Crippen molar-refractivity contribution in [1.29, 1.82) is 0 Å². The Balaban J connectivity index is 1.36. The van der Waals surface area contributed by atoms with E-state index in [1.54, 1.807) is 11.0 Å². The first-order valence-electron chi connectivity index (χ1n) is 13.5. The molecule has 4 rings (SSSR count). The molecule has 2 aliphatic rings. The fourth-order valence-electron chi connectivity index (χ4n) is 4.95. The molecular formula is C28H41N7O4. The number of amides is 2. The van der Waals surface area contributed by atoms with Gasteiger partial charge in [0.25, 0.3) is 0 Å². The molecule has 1 atom stereocenters. The maximum Gasteiger partial charge on any atom is 0.416 e. The third kappa shape index (κ3) is 6.89. The summed E-state index contributed by atoms with van der Waals surface area (Å²) in [6.07, 6.45) is 0.281. The van der Waals surface area contributed by atoms with Gasteiger partial charge in [-0.2, -0.15) is 9.97 Å². The summed E-state index contributed by atoms with van der Waals surface area (Å²) in [5.41, 5.74) is 7.31. The number of nitrogens with zero attached hydrogens (tertiary/aromatic N) is 5. The Hall–Kier alpha value is -3.60. The monoisotopic (exact) mass is 539 g/mol. The average molecular weight is 540 g/mol. The molecule has 0 radical (unpaired) electrons. The zero-order chi connectivity index (χ0) is 28.4. The zero-order valence-electron chi connectivity index (χ0n) is 23.9. The number of carbonyl (C=O) groups excluding carboxylic acids is 2. The van der Waals surface area contributed by atoms with E-state index >= 15 is 0 Å². The van der Waals surface area contributed by atoms with Crippen LogP contribution in [-0.2, 0) is 16.0 Å². The molecule has 2 amide bonds. The first-order valence-corrected chi connectivity index (χ1v) is 13.5. The highest BCUT2D eigenvalue weighted by atomic mass is 16.6. The summed E-state index contributed by atoms with van der Waals surface area (Å²) in [5.74, 6) is 1.02. The Morgan fingerprint density at radius 1 is 1.15 bits per heavy atom. The Morgan fingerprint density at radius 3 is 2.38 bits per heavy atom. The van der Waals surface area contributed by atoms with Crippen molar-refractivity contribution in [1.82, 2.24) is 19.8 Å². The normalized spacial score (nSPS) is 18.6. The van der Waals surface area contributed by atoms with Crippen LogP contribution in [0.25, 0.3) is 0 Å². The Morgan fingerprint density at radius 2 is 1.82 bits per heavy atom. The van der Waals surface area contributed by atoms with Gasteiger partial charge in [0.15, 0.2) is 0 Å². The van der Waals surface area contributed by atoms with E-state index in [2.05, 4.69) is 51.4 Å². The SMILES string of the molecule is CCC(c1ccc(CNc2nc(N)cc(N3C(=O)OCC3(C)C)n2)cc1)N1CCN(C(=O)OC(C)(C)C)CC1. The van der Waals surface area contributed by atoms with Crippen LogP contribution in [-0.4, -0.2) is 75.9 Å². The molecule has 3 N–H and O–H groups in total. The van der Waals surface area contributed by atoms with Crippen LogP contribution in [0.2, 0.25) is 0 Å². The quantitative estimate of drug-likeness (QED) is 0.526. The van der Waals surface area contributed by atoms with E-state index in [-0.39, 0.29) is 24.6 Å². The van der Waals surface area contributed by atoms with Crippen LogP contribution in [0.1, 0.15) is 65.1 Å². The molecular weight excluding hydrogens is 498 g/mol. The van der Waals surface area contributed by atoms with Gasteiger partial charge < -0.3 is 25.4 Å². The van der Waals surface area contributed by atoms with Crippen molar-refractivity contribution >= 4 is 29.8 Å². The minimum absolute atomic E-state index is 0.243. The molecule has 0 bridgehead atoms. The van der Waals surface area contributed by atoms with Gasteiger partial charge in [0.1, 0.15) is 23.8 Å². The minimum atomic E-state index is -0.525. The molecule has 0 aliphatic carbocycles. The van der Waals surface area contributed by atoms with E-state index in [1.807, 2.05) is 34.6 Å². The number of cyclic esters (lactones) is 1. The van der Waals surface area contributed by atoms with Gasteiger partial charge in [-0.05, 0) is 52.2 Å². The lowest BCUT2D eigenvalue weighted by molar-refractivity contribution is 0.00997. The molecule has 0 saturated carbocycles. The van der Waals surface area contributed by atoms with Crippen LogP contribution in [0.4, 0.5) is 27.2 Å². The predicted octanol–water partition coefficient (Wildman–Crippen LogP) is 4.41. The van der Waals surface area contributed by atoms with Crippen molar-refractivity contribution < 1.29 is 19.1 Å². The number of aromatic nitrogens is 2. The number of hydrogen-bond acceptors (Lipinski definition) is 9. The number of ether oxygens (including phenoxy) is 2. The van der Waals surface area contributed by atoms with Gasteiger partial charge >= 0.3 is 12.2 Å². The maximum absolute atomic E-state index is 12.4. The number of rotatable bonds is 7. The summed E-state index contributed by atoms with van der Waals surface area (Å²) >= 11 is 0. The van der Waals surface area contributed by atoms with Crippen LogP contribution >= 0.6 is 0 Å². The molecule has 1 aromatic carbocycles. The highest BCUT2D eigenvalue weighted by Gasteiger charge is 2.42. The average Bonchev–Trinajstić information content (AvgIpc) is 3.15. The van der Waals surface area contributed by atoms with E-state index in [4.69, 9.17) is 15.2 Å². The lowest BCUT2D eigenvalue weighted by Crippen LogP contribution is -2.50. The van der Waals surface area contributed by atoms with Crippen molar-refractivity contribution in [3.63, 3.8) is 0 Å². The summed E-state index contributed by atoms with van der Waals surface area (Å²) in [6, 6.07) is 10.3. The van der Waals surface area contributed by atoms with Crippen molar-refractivity contribution in [2.75, 3.05) is 48.7 Å². The number of anilines is 3. The third-order valence-electron chi connectivity index (χ3n) is 6.91. The number of benzene rings is 1. The molecule has 11 nitrogen and oxygen atoms in total. The lowest BCUT2D eigenvalue weighted by Gasteiger charge is -2.39. The molecule has 3 heterocycles. The Bertz CT molecular complexity index is 1170. The molecule has 1 aromatic heterocycles. The van der Waals surface area contributed by atoms with Crippen LogP contribution in [0.3, 0.4) is 0 Å². The second kappa shape index (κ2) is 11.3. The third-order valence-corrected chi connectivity index (χ3v) is 6.91. The molecule has 2 saturated heterocycles. The summed E-state index contributed by atoms with van der Waals surface area (Å²) in [5, 5.41) is 3.22. The van der Waals surface area contributed by atoms with Crippen molar-refractivity contribution in [2.24, 2.45) is 0 Å². The number of nitrogen functional groups attached to an aromatic ring is 1. The van der Waals surface area contributed by atoms with E-state index in [1.165, 1.54) is 10.5 Å². The maximum atomic E-state index is 12.4. The standard InChI is InChI=1S/C28H41N7O4/c1-7-21(33-12-14-34(15-13-33)25(36)39-27(2,3)4)20-10-8-19(9-11-20)17-30-24-31-22(29)16-23(32-24)35-26(37)38-18-28(35,5)6/h8-11,16,21H,7,12-15,17-18H2,1-6H3,(H3,29,30,31,32). The molecule has 0 spiro atoms. The van der Waals surface area contributed by atoms with Crippen LogP contribution in [0.5, 0.6) is 0 Å². The van der Waals surface area contributed by atoms with Crippen LogP contribution in [0, 0.1) is 0 Å². The molecule has 2 aromatic rings. The van der Waals surface area contributed by atoms with Gasteiger partial charge in [0, 0.05) is 44.8 Å². The molecule has 1 unspecified atom stereocenters. The van der Waals surface area contributed by atoms with E-state index in [0.717, 1.165) is 25.1 Å². The Kier molecular flexibility index (Phi) is 8.20. The molecule has 39 heavy (non-hydrogen) atoms. The zero-order valence-corrected chi connectivity index (χ0v) is 23.9. The first kappa shape index (κ1) is 28.4. The van der Waals surface area contributed by atoms with Crippen LogP contribution in [0.15, 0.2) is 30.3 Å². The number of nitrogens with two attached hydrogens (primary N) is 1.